The summed E-state index contributed by atoms with van der Waals surface area (Å²) >= 11 is 0. The van der Waals surface area contributed by atoms with Crippen molar-refractivity contribution in [3.8, 4) is 0 Å². The molecule has 0 aromatic carbocycles. The fourth-order valence-corrected chi connectivity index (χ4v) is 1.69. The zero-order valence-corrected chi connectivity index (χ0v) is 11.5. The normalized spacial score (nSPS) is 14.0. The Balaban J connectivity index is 1.80. The zero-order chi connectivity index (χ0) is 13.7. The van der Waals surface area contributed by atoms with Crippen molar-refractivity contribution >= 4 is 17.7 Å². The van der Waals surface area contributed by atoms with Gasteiger partial charge in [0, 0.05) is 37.3 Å². The number of carbonyl (C=O) groups excluding carboxylic acids is 1. The van der Waals surface area contributed by atoms with E-state index in [2.05, 4.69) is 25.9 Å². The highest BCUT2D eigenvalue weighted by Crippen LogP contribution is 2.18. The first-order chi connectivity index (χ1) is 9.19. The number of amides is 1. The van der Waals surface area contributed by atoms with Gasteiger partial charge in [-0.3, -0.25) is 4.79 Å². The van der Waals surface area contributed by atoms with E-state index in [1.807, 2.05) is 13.8 Å². The lowest BCUT2D eigenvalue weighted by Gasteiger charge is -2.10. The second-order valence-corrected chi connectivity index (χ2v) is 4.77. The van der Waals surface area contributed by atoms with Crippen LogP contribution in [0.2, 0.25) is 0 Å². The molecule has 1 heterocycles. The maximum absolute atomic E-state index is 11.5. The third-order valence-corrected chi connectivity index (χ3v) is 2.89. The summed E-state index contributed by atoms with van der Waals surface area (Å²) in [5.41, 5.74) is 0.976. The van der Waals surface area contributed by atoms with Crippen LogP contribution in [0, 0.1) is 6.92 Å². The molecule has 6 heteroatoms. The molecule has 6 nitrogen and oxygen atoms in total. The molecule has 0 aliphatic heterocycles. The molecule has 1 aliphatic rings. The summed E-state index contributed by atoms with van der Waals surface area (Å²) in [6.07, 6.45) is 4.49. The molecule has 0 bridgehead atoms. The molecule has 0 atom stereocenters. The van der Waals surface area contributed by atoms with Crippen molar-refractivity contribution in [2.45, 2.75) is 39.2 Å². The summed E-state index contributed by atoms with van der Waals surface area (Å²) in [6, 6.07) is 0.425. The topological polar surface area (TPSA) is 78.9 Å². The van der Waals surface area contributed by atoms with Gasteiger partial charge in [-0.2, -0.15) is 4.98 Å². The molecule has 1 aromatic heterocycles. The highest BCUT2D eigenvalue weighted by Gasteiger charge is 2.22. The Kier molecular flexibility index (Phi) is 4.54. The number of carbonyl (C=O) groups is 1. The van der Waals surface area contributed by atoms with Crippen molar-refractivity contribution < 1.29 is 4.79 Å². The number of nitrogens with one attached hydrogen (secondary N) is 3. The molecule has 3 N–H and O–H groups in total. The third-order valence-electron chi connectivity index (χ3n) is 2.89. The van der Waals surface area contributed by atoms with E-state index >= 15 is 0 Å². The minimum Gasteiger partial charge on any atom is -0.369 e. The number of nitrogens with zero attached hydrogens (tertiary/aromatic N) is 2. The highest BCUT2D eigenvalue weighted by molar-refractivity contribution is 5.77. The van der Waals surface area contributed by atoms with Gasteiger partial charge in [0.2, 0.25) is 11.9 Å². The van der Waals surface area contributed by atoms with Crippen LogP contribution in [0.3, 0.4) is 0 Å². The van der Waals surface area contributed by atoms with Gasteiger partial charge in [0.15, 0.2) is 0 Å². The fraction of sp³-hybridized carbons (Fsp3) is 0.615. The van der Waals surface area contributed by atoms with Crippen molar-refractivity contribution in [1.82, 2.24) is 15.3 Å². The molecule has 2 rings (SSSR count). The summed E-state index contributed by atoms with van der Waals surface area (Å²) in [5.74, 6) is 1.50. The molecule has 1 aliphatic carbocycles. The first kappa shape index (κ1) is 13.6. The third kappa shape index (κ3) is 4.39. The van der Waals surface area contributed by atoms with Crippen molar-refractivity contribution in [2.75, 3.05) is 23.7 Å². The predicted octanol–water partition coefficient (Wildman–Crippen LogP) is 1.30. The van der Waals surface area contributed by atoms with E-state index in [0.29, 0.717) is 25.0 Å². The van der Waals surface area contributed by atoms with Crippen LogP contribution in [0.25, 0.3) is 0 Å². The average molecular weight is 263 g/mol. The maximum Gasteiger partial charge on any atom is 0.224 e. The number of aromatic nitrogens is 2. The first-order valence-electron chi connectivity index (χ1n) is 6.79. The van der Waals surface area contributed by atoms with Crippen LogP contribution in [0.15, 0.2) is 6.20 Å². The minimum absolute atomic E-state index is 0.105. The summed E-state index contributed by atoms with van der Waals surface area (Å²) in [4.78, 5) is 20.1. The first-order valence-corrected chi connectivity index (χ1v) is 6.79. The number of rotatable bonds is 7. The zero-order valence-electron chi connectivity index (χ0n) is 11.5. The summed E-state index contributed by atoms with van der Waals surface area (Å²) in [7, 11) is 0. The van der Waals surface area contributed by atoms with E-state index in [1.54, 1.807) is 6.20 Å². The Labute approximate surface area is 113 Å². The van der Waals surface area contributed by atoms with Gasteiger partial charge in [-0.15, -0.1) is 0 Å². The van der Waals surface area contributed by atoms with Gasteiger partial charge in [0.1, 0.15) is 5.82 Å². The van der Waals surface area contributed by atoms with E-state index in [4.69, 9.17) is 0 Å². The maximum atomic E-state index is 11.5. The Bertz CT molecular complexity index is 445. The molecular weight excluding hydrogens is 242 g/mol. The molecule has 0 unspecified atom stereocenters. The van der Waals surface area contributed by atoms with Gasteiger partial charge < -0.3 is 16.0 Å². The van der Waals surface area contributed by atoms with Crippen LogP contribution in [-0.2, 0) is 4.79 Å². The largest absolute Gasteiger partial charge is 0.369 e. The van der Waals surface area contributed by atoms with E-state index in [0.717, 1.165) is 30.8 Å². The molecule has 1 amide bonds. The lowest BCUT2D eigenvalue weighted by molar-refractivity contribution is -0.120. The molecule has 19 heavy (non-hydrogen) atoms. The Morgan fingerprint density at radius 3 is 2.89 bits per heavy atom. The smallest absolute Gasteiger partial charge is 0.224 e. The summed E-state index contributed by atoms with van der Waals surface area (Å²) in [5, 5.41) is 9.21. The molecule has 1 fully saturated rings. The average Bonchev–Trinajstić information content (AvgIpc) is 3.17. The van der Waals surface area contributed by atoms with Crippen LogP contribution in [0.1, 0.15) is 31.7 Å². The number of aryl methyl sites for hydroxylation is 1. The highest BCUT2D eigenvalue weighted by atomic mass is 16.1. The van der Waals surface area contributed by atoms with Crippen LogP contribution >= 0.6 is 0 Å². The second-order valence-electron chi connectivity index (χ2n) is 4.77. The summed E-state index contributed by atoms with van der Waals surface area (Å²) in [6.45, 7) is 5.31. The van der Waals surface area contributed by atoms with E-state index < -0.39 is 0 Å². The second kappa shape index (κ2) is 6.36. The quantitative estimate of drug-likeness (QED) is 0.691. The molecule has 0 saturated heterocycles. The molecule has 0 radical (unpaired) electrons. The van der Waals surface area contributed by atoms with Crippen LogP contribution in [-0.4, -0.2) is 35.0 Å². The Morgan fingerprint density at radius 1 is 1.42 bits per heavy atom. The van der Waals surface area contributed by atoms with Crippen molar-refractivity contribution in [2.24, 2.45) is 0 Å². The lowest BCUT2D eigenvalue weighted by atomic mass is 10.3. The SMILES string of the molecule is CCNc1ncc(C)c(NCCC(=O)NC2CC2)n1. The Morgan fingerprint density at radius 2 is 2.21 bits per heavy atom. The molecule has 0 spiro atoms. The van der Waals surface area contributed by atoms with Gasteiger partial charge in [-0.25, -0.2) is 4.98 Å². The van der Waals surface area contributed by atoms with Gasteiger partial charge in [0.25, 0.3) is 0 Å². The number of hydrogen-bond acceptors (Lipinski definition) is 5. The van der Waals surface area contributed by atoms with Gasteiger partial charge in [0.05, 0.1) is 0 Å². The molecule has 1 saturated carbocycles. The number of hydrogen-bond donors (Lipinski definition) is 3. The Hall–Kier alpha value is -1.85. The fourth-order valence-electron chi connectivity index (χ4n) is 1.69. The molecular formula is C13H21N5O. The lowest BCUT2D eigenvalue weighted by Crippen LogP contribution is -2.27. The van der Waals surface area contributed by atoms with Gasteiger partial charge >= 0.3 is 0 Å². The molecule has 1 aromatic rings. The van der Waals surface area contributed by atoms with Crippen LogP contribution in [0.5, 0.6) is 0 Å². The minimum atomic E-state index is 0.105. The molecule has 104 valence electrons. The van der Waals surface area contributed by atoms with E-state index in [1.165, 1.54) is 0 Å². The van der Waals surface area contributed by atoms with Gasteiger partial charge in [-0.05, 0) is 26.7 Å². The van der Waals surface area contributed by atoms with Crippen molar-refractivity contribution in [3.05, 3.63) is 11.8 Å². The number of anilines is 2. The van der Waals surface area contributed by atoms with Crippen LogP contribution in [0.4, 0.5) is 11.8 Å². The van der Waals surface area contributed by atoms with Crippen LogP contribution < -0.4 is 16.0 Å². The summed E-state index contributed by atoms with van der Waals surface area (Å²) < 4.78 is 0. The standard InChI is InChI=1S/C13H21N5O/c1-3-14-13-16-8-9(2)12(18-13)15-7-6-11(19)17-10-4-5-10/h8,10H,3-7H2,1-2H3,(H,17,19)(H2,14,15,16,18). The predicted molar refractivity (Wildman–Crippen MR) is 75.2 cm³/mol. The van der Waals surface area contributed by atoms with Crippen molar-refractivity contribution in [1.29, 1.82) is 0 Å². The van der Waals surface area contributed by atoms with Crippen molar-refractivity contribution in [3.63, 3.8) is 0 Å². The monoisotopic (exact) mass is 263 g/mol. The van der Waals surface area contributed by atoms with Gasteiger partial charge in [-0.1, -0.05) is 0 Å². The van der Waals surface area contributed by atoms with E-state index in [9.17, 15) is 4.79 Å². The van der Waals surface area contributed by atoms with E-state index in [-0.39, 0.29) is 5.91 Å².